The number of fused-ring (bicyclic) bond motifs is 1. The molecule has 0 spiro atoms. The number of carbonyl (C=O) groups is 1. The molecular weight excluding hydrogens is 291 g/mol. The van der Waals surface area contributed by atoms with Crippen LogP contribution in [0.2, 0.25) is 0 Å². The average Bonchev–Trinajstić information content (AvgIpc) is 2.81. The highest BCUT2D eigenvalue weighted by molar-refractivity contribution is 6.06. The Hall–Kier alpha value is -1.67. The van der Waals surface area contributed by atoms with E-state index in [-0.39, 0.29) is 5.82 Å². The third-order valence-electron chi connectivity index (χ3n) is 2.67. The van der Waals surface area contributed by atoms with Crippen molar-refractivity contribution in [1.29, 1.82) is 0 Å². The lowest BCUT2D eigenvalue weighted by atomic mass is 10.1. The van der Waals surface area contributed by atoms with Crippen molar-refractivity contribution in [3.8, 4) is 0 Å². The number of rotatable bonds is 3. The fraction of sp³-hybridized carbons (Fsp3) is 0.250. The molecule has 2 aromatic rings. The number of ether oxygens (including phenoxy) is 1. The maximum absolute atomic E-state index is 13.1. The minimum absolute atomic E-state index is 0.315. The maximum atomic E-state index is 13.1. The summed E-state index contributed by atoms with van der Waals surface area (Å²) in [7, 11) is 1.29. The van der Waals surface area contributed by atoms with Gasteiger partial charge >= 0.3 is 5.97 Å². The number of aromatic nitrogens is 1. The fourth-order valence-electron chi connectivity index (χ4n) is 1.79. The van der Waals surface area contributed by atoms with Gasteiger partial charge in [0.2, 0.25) is 0 Å². The topological polar surface area (TPSA) is 100 Å². The number of H-pyrrole nitrogens is 1. The summed E-state index contributed by atoms with van der Waals surface area (Å²) in [6, 6.07) is 3.72. The van der Waals surface area contributed by atoms with Crippen molar-refractivity contribution < 1.29 is 23.6 Å². The van der Waals surface area contributed by atoms with E-state index in [9.17, 15) is 9.18 Å². The Bertz CT molecular complexity index is 576. The number of methoxy groups -OCH3 is 1. The minimum Gasteiger partial charge on any atom is -0.468 e. The zero-order chi connectivity index (χ0) is 15.1. The molecular formula is C12H15ClFN2O4+. The van der Waals surface area contributed by atoms with Crippen molar-refractivity contribution in [3.05, 3.63) is 35.8 Å². The van der Waals surface area contributed by atoms with Crippen molar-refractivity contribution in [2.45, 2.75) is 12.5 Å². The summed E-state index contributed by atoms with van der Waals surface area (Å²) in [5.41, 5.74) is 7.29. The van der Waals surface area contributed by atoms with Crippen LogP contribution in [0.4, 0.5) is 4.39 Å². The molecule has 6 nitrogen and oxygen atoms in total. The van der Waals surface area contributed by atoms with E-state index in [1.807, 2.05) is 0 Å². The molecule has 0 saturated heterocycles. The molecule has 2 rings (SSSR count). The first-order valence-corrected chi connectivity index (χ1v) is 5.87. The number of carbonyl (C=O) groups excluding carboxylic acids is 1. The summed E-state index contributed by atoms with van der Waals surface area (Å²) in [6.45, 7) is 0. The van der Waals surface area contributed by atoms with E-state index in [4.69, 9.17) is 11.0 Å². The summed E-state index contributed by atoms with van der Waals surface area (Å²) >= 11 is 4.17. The van der Waals surface area contributed by atoms with E-state index >= 15 is 0 Å². The molecule has 0 aliphatic carbocycles. The van der Waals surface area contributed by atoms with E-state index in [0.29, 0.717) is 6.42 Å². The van der Waals surface area contributed by atoms with Gasteiger partial charge in [-0.1, -0.05) is 0 Å². The number of hydrogen-bond donors (Lipinski definition) is 2. The van der Waals surface area contributed by atoms with Crippen LogP contribution in [-0.2, 0) is 20.4 Å². The Kier molecular flexibility index (Phi) is 6.40. The molecule has 1 heterocycles. The highest BCUT2D eigenvalue weighted by atomic mass is 35.5. The highest BCUT2D eigenvalue weighted by Gasteiger charge is 2.16. The molecule has 1 atom stereocenters. The maximum Gasteiger partial charge on any atom is 0.322 e. The lowest BCUT2D eigenvalue weighted by molar-refractivity contribution is -0.142. The zero-order valence-corrected chi connectivity index (χ0v) is 11.4. The monoisotopic (exact) mass is 305 g/mol. The van der Waals surface area contributed by atoms with Gasteiger partial charge in [0.15, 0.2) is 11.9 Å². The Morgan fingerprint density at radius 1 is 1.60 bits per heavy atom. The number of halogens is 2. The Labute approximate surface area is 119 Å². The van der Waals surface area contributed by atoms with E-state index < -0.39 is 12.0 Å². The van der Waals surface area contributed by atoms with Crippen molar-refractivity contribution in [1.82, 2.24) is 4.98 Å². The van der Waals surface area contributed by atoms with Gasteiger partial charge in [-0.25, -0.2) is 9.65 Å². The van der Waals surface area contributed by atoms with E-state index in [2.05, 4.69) is 26.0 Å². The molecule has 1 unspecified atom stereocenters. The summed E-state index contributed by atoms with van der Waals surface area (Å²) in [5, 5.41) is 6.21. The highest BCUT2D eigenvalue weighted by Crippen LogP contribution is 2.20. The van der Waals surface area contributed by atoms with Gasteiger partial charge in [-0.05, 0) is 23.8 Å². The van der Waals surface area contributed by atoms with Gasteiger partial charge in [-0.3, -0.25) is 4.79 Å². The van der Waals surface area contributed by atoms with Crippen LogP contribution in [-0.4, -0.2) is 29.4 Å². The second-order valence-electron chi connectivity index (χ2n) is 3.91. The molecule has 0 fully saturated rings. The van der Waals surface area contributed by atoms with Crippen LogP contribution in [0.1, 0.15) is 5.56 Å². The van der Waals surface area contributed by atoms with Crippen LogP contribution in [0.5, 0.6) is 0 Å². The summed E-state index contributed by atoms with van der Waals surface area (Å²) < 4.78 is 20.6. The van der Waals surface area contributed by atoms with Gasteiger partial charge in [0.25, 0.3) is 0 Å². The zero-order valence-electron chi connectivity index (χ0n) is 10.7. The molecule has 1 aromatic carbocycles. The van der Waals surface area contributed by atoms with Gasteiger partial charge in [-0.15, -0.1) is 0 Å². The first-order valence-electron chi connectivity index (χ1n) is 5.56. The van der Waals surface area contributed by atoms with Gasteiger partial charge < -0.3 is 15.5 Å². The van der Waals surface area contributed by atoms with Gasteiger partial charge in [0, 0.05) is 28.0 Å². The smallest absolute Gasteiger partial charge is 0.322 e. The van der Waals surface area contributed by atoms with Crippen LogP contribution < -0.4 is 5.73 Å². The first-order chi connectivity index (χ1) is 9.53. The molecule has 0 aliphatic rings. The number of benzene rings is 1. The molecule has 0 bridgehead atoms. The molecule has 110 valence electrons. The number of nitrogens with two attached hydrogens (primary N) is 1. The van der Waals surface area contributed by atoms with Gasteiger partial charge in [0.1, 0.15) is 11.9 Å². The van der Waals surface area contributed by atoms with Crippen molar-refractivity contribution in [2.24, 2.45) is 5.73 Å². The second kappa shape index (κ2) is 7.81. The fourth-order valence-corrected chi connectivity index (χ4v) is 1.79. The lowest BCUT2D eigenvalue weighted by Crippen LogP contribution is -2.33. The Balaban J connectivity index is 0.000000612. The largest absolute Gasteiger partial charge is 0.468 e. The number of aromatic amines is 1. The summed E-state index contributed by atoms with van der Waals surface area (Å²) in [5.74, 6) is -0.791. The summed E-state index contributed by atoms with van der Waals surface area (Å²) in [4.78, 5) is 14.2. The number of nitrogens with one attached hydrogen (secondary N) is 1. The molecule has 0 saturated carbocycles. The Morgan fingerprint density at radius 3 is 2.85 bits per heavy atom. The van der Waals surface area contributed by atoms with Crippen LogP contribution in [0.15, 0.2) is 24.4 Å². The Morgan fingerprint density at radius 2 is 2.25 bits per heavy atom. The summed E-state index contributed by atoms with van der Waals surface area (Å²) in [6.07, 6.45) is 2.04. The SMILES string of the molecule is COC(=O)C(N)Cc1c[nH]c2ccc(F)cc12.[OH2+]OCl. The van der Waals surface area contributed by atoms with E-state index in [1.54, 1.807) is 12.3 Å². The predicted molar refractivity (Wildman–Crippen MR) is 72.5 cm³/mol. The predicted octanol–water partition coefficient (Wildman–Crippen LogP) is 1.15. The van der Waals surface area contributed by atoms with Crippen molar-refractivity contribution in [3.63, 3.8) is 0 Å². The van der Waals surface area contributed by atoms with Crippen LogP contribution in [0, 0.1) is 5.82 Å². The molecule has 0 amide bonds. The third-order valence-corrected chi connectivity index (χ3v) is 2.67. The van der Waals surface area contributed by atoms with Gasteiger partial charge in [-0.2, -0.15) is 0 Å². The quantitative estimate of drug-likeness (QED) is 0.384. The van der Waals surface area contributed by atoms with Crippen molar-refractivity contribution in [2.75, 3.05) is 7.11 Å². The average molecular weight is 306 g/mol. The van der Waals surface area contributed by atoms with Crippen molar-refractivity contribution >= 4 is 28.7 Å². The standard InChI is InChI=1S/C12H13FN2O2.ClHO2/c1-17-12(16)10(14)4-7-6-15-11-3-2-8(13)5-9(7)11;1-3-2/h2-3,5-6,10,15H,4,14H2,1H3;2H/p+1. The minimum atomic E-state index is -0.734. The van der Waals surface area contributed by atoms with E-state index in [1.165, 1.54) is 19.2 Å². The third kappa shape index (κ3) is 4.17. The van der Waals surface area contributed by atoms with E-state index in [0.717, 1.165) is 16.5 Å². The molecule has 0 radical (unpaired) electrons. The lowest BCUT2D eigenvalue weighted by Gasteiger charge is -2.07. The number of hydrogen-bond acceptors (Lipinski definition) is 4. The molecule has 1 aromatic heterocycles. The normalized spacial score (nSPS) is 11.7. The second-order valence-corrected chi connectivity index (χ2v) is 4.07. The van der Waals surface area contributed by atoms with Crippen LogP contribution in [0.25, 0.3) is 10.9 Å². The first kappa shape index (κ1) is 16.4. The molecule has 8 heteroatoms. The van der Waals surface area contributed by atoms with Gasteiger partial charge in [0.05, 0.1) is 7.11 Å². The molecule has 5 N–H and O–H groups in total. The van der Waals surface area contributed by atoms with Crippen LogP contribution >= 0.6 is 11.9 Å². The number of esters is 1. The molecule has 20 heavy (non-hydrogen) atoms. The molecule has 0 aliphatic heterocycles. The van der Waals surface area contributed by atoms with Crippen LogP contribution in [0.3, 0.4) is 0 Å².